The van der Waals surface area contributed by atoms with E-state index in [0.717, 1.165) is 22.6 Å². The Balaban J connectivity index is 2.41. The molecule has 0 aliphatic rings. The summed E-state index contributed by atoms with van der Waals surface area (Å²) < 4.78 is 0. The van der Waals surface area contributed by atoms with E-state index in [-0.39, 0.29) is 6.04 Å². The Kier molecular flexibility index (Phi) is 4.44. The van der Waals surface area contributed by atoms with Crippen LogP contribution in [0.2, 0.25) is 0 Å². The first-order valence-electron chi connectivity index (χ1n) is 6.99. The van der Waals surface area contributed by atoms with Gasteiger partial charge in [0.25, 0.3) is 0 Å². The minimum absolute atomic E-state index is 0.229. The average Bonchev–Trinajstić information content (AvgIpc) is 2.44. The second kappa shape index (κ2) is 6.27. The summed E-state index contributed by atoms with van der Waals surface area (Å²) in [7, 11) is 0. The number of benzene rings is 1. The highest BCUT2D eigenvalue weighted by Gasteiger charge is 2.17. The molecule has 0 saturated carbocycles. The van der Waals surface area contributed by atoms with E-state index in [1.165, 1.54) is 0 Å². The van der Waals surface area contributed by atoms with E-state index in [0.29, 0.717) is 12.1 Å². The van der Waals surface area contributed by atoms with Crippen molar-refractivity contribution in [3.05, 3.63) is 53.2 Å². The average molecular weight is 280 g/mol. The van der Waals surface area contributed by atoms with E-state index in [1.807, 2.05) is 37.3 Å². The van der Waals surface area contributed by atoms with Gasteiger partial charge in [-0.05, 0) is 50.1 Å². The molecule has 0 atom stereocenters. The molecule has 1 aromatic heterocycles. The van der Waals surface area contributed by atoms with Gasteiger partial charge in [0, 0.05) is 24.5 Å². The zero-order valence-electron chi connectivity index (χ0n) is 12.7. The quantitative estimate of drug-likeness (QED) is 0.873. The standard InChI is InChI=1S/C17H20N4/c1-12(2)21(11-14-5-4-6-15(19)9-14)17-16(10-18)13(3)7-8-20-17/h4-9,12H,11,19H2,1-3H3. The minimum atomic E-state index is 0.229. The van der Waals surface area contributed by atoms with E-state index < -0.39 is 0 Å². The lowest BCUT2D eigenvalue weighted by Gasteiger charge is -2.29. The second-order valence-electron chi connectivity index (χ2n) is 5.40. The predicted molar refractivity (Wildman–Crippen MR) is 85.9 cm³/mol. The molecule has 0 aliphatic heterocycles. The van der Waals surface area contributed by atoms with Crippen LogP contribution in [-0.2, 0) is 6.54 Å². The topological polar surface area (TPSA) is 65.9 Å². The van der Waals surface area contributed by atoms with Gasteiger partial charge >= 0.3 is 0 Å². The summed E-state index contributed by atoms with van der Waals surface area (Å²) in [6.45, 7) is 6.80. The summed E-state index contributed by atoms with van der Waals surface area (Å²) in [5, 5.41) is 9.40. The van der Waals surface area contributed by atoms with Crippen molar-refractivity contribution in [2.45, 2.75) is 33.4 Å². The molecule has 0 amide bonds. The van der Waals surface area contributed by atoms with Crippen LogP contribution in [0.3, 0.4) is 0 Å². The number of hydrogen-bond acceptors (Lipinski definition) is 4. The van der Waals surface area contributed by atoms with Crippen molar-refractivity contribution in [3.63, 3.8) is 0 Å². The van der Waals surface area contributed by atoms with Crippen LogP contribution in [-0.4, -0.2) is 11.0 Å². The van der Waals surface area contributed by atoms with Crippen molar-refractivity contribution in [2.24, 2.45) is 0 Å². The van der Waals surface area contributed by atoms with Gasteiger partial charge in [0.05, 0.1) is 5.56 Å². The molecule has 0 unspecified atom stereocenters. The van der Waals surface area contributed by atoms with Crippen LogP contribution in [0.15, 0.2) is 36.5 Å². The van der Waals surface area contributed by atoms with E-state index >= 15 is 0 Å². The number of nitrogens with zero attached hydrogens (tertiary/aromatic N) is 3. The van der Waals surface area contributed by atoms with Crippen molar-refractivity contribution in [1.82, 2.24) is 4.98 Å². The zero-order chi connectivity index (χ0) is 15.4. The number of aryl methyl sites for hydroxylation is 1. The Hall–Kier alpha value is -2.54. The van der Waals surface area contributed by atoms with Gasteiger partial charge in [-0.25, -0.2) is 4.98 Å². The molecular weight excluding hydrogens is 260 g/mol. The van der Waals surface area contributed by atoms with Crippen LogP contribution in [0.5, 0.6) is 0 Å². The molecule has 4 heteroatoms. The Labute approximate surface area is 125 Å². The number of aromatic nitrogens is 1. The third-order valence-electron chi connectivity index (χ3n) is 3.45. The summed E-state index contributed by atoms with van der Waals surface area (Å²) in [5.74, 6) is 0.731. The van der Waals surface area contributed by atoms with Crippen LogP contribution in [0.1, 0.15) is 30.5 Å². The molecule has 0 bridgehead atoms. The number of anilines is 2. The van der Waals surface area contributed by atoms with Crippen LogP contribution < -0.4 is 10.6 Å². The highest BCUT2D eigenvalue weighted by atomic mass is 15.2. The third kappa shape index (κ3) is 3.32. The molecule has 4 nitrogen and oxygen atoms in total. The van der Waals surface area contributed by atoms with Crippen molar-refractivity contribution < 1.29 is 0 Å². The van der Waals surface area contributed by atoms with Crippen molar-refractivity contribution in [3.8, 4) is 6.07 Å². The molecule has 0 spiro atoms. The minimum Gasteiger partial charge on any atom is -0.399 e. The van der Waals surface area contributed by atoms with Crippen LogP contribution in [0.4, 0.5) is 11.5 Å². The fourth-order valence-electron chi connectivity index (χ4n) is 2.29. The predicted octanol–water partition coefficient (Wildman–Crippen LogP) is 3.26. The Morgan fingerprint density at radius 3 is 2.71 bits per heavy atom. The molecule has 0 radical (unpaired) electrons. The van der Waals surface area contributed by atoms with Gasteiger partial charge in [0.15, 0.2) is 0 Å². The van der Waals surface area contributed by atoms with Gasteiger partial charge in [-0.15, -0.1) is 0 Å². The molecule has 0 aliphatic carbocycles. The van der Waals surface area contributed by atoms with Gasteiger partial charge in [-0.2, -0.15) is 5.26 Å². The fraction of sp³-hybridized carbons (Fsp3) is 0.294. The molecule has 2 rings (SSSR count). The molecular formula is C17H20N4. The van der Waals surface area contributed by atoms with E-state index in [1.54, 1.807) is 6.20 Å². The van der Waals surface area contributed by atoms with Crippen molar-refractivity contribution in [1.29, 1.82) is 5.26 Å². The Bertz CT molecular complexity index is 671. The summed E-state index contributed by atoms with van der Waals surface area (Å²) >= 11 is 0. The number of pyridine rings is 1. The molecule has 21 heavy (non-hydrogen) atoms. The molecule has 1 aromatic carbocycles. The molecule has 2 N–H and O–H groups in total. The summed E-state index contributed by atoms with van der Waals surface area (Å²) in [5.41, 5.74) is 9.27. The lowest BCUT2D eigenvalue weighted by Crippen LogP contribution is -2.31. The van der Waals surface area contributed by atoms with Crippen LogP contribution >= 0.6 is 0 Å². The maximum Gasteiger partial charge on any atom is 0.147 e. The molecule has 108 valence electrons. The maximum atomic E-state index is 9.40. The van der Waals surface area contributed by atoms with E-state index in [4.69, 9.17) is 5.73 Å². The largest absolute Gasteiger partial charge is 0.399 e. The zero-order valence-corrected chi connectivity index (χ0v) is 12.7. The molecule has 2 aromatic rings. The third-order valence-corrected chi connectivity index (χ3v) is 3.45. The first kappa shape index (κ1) is 14.9. The fourth-order valence-corrected chi connectivity index (χ4v) is 2.29. The van der Waals surface area contributed by atoms with Crippen molar-refractivity contribution >= 4 is 11.5 Å². The maximum absolute atomic E-state index is 9.40. The number of rotatable bonds is 4. The smallest absolute Gasteiger partial charge is 0.147 e. The first-order chi connectivity index (χ1) is 10.0. The summed E-state index contributed by atoms with van der Waals surface area (Å²) in [6.07, 6.45) is 1.75. The number of nitriles is 1. The SMILES string of the molecule is Cc1ccnc(N(Cc2cccc(N)c2)C(C)C)c1C#N. The number of nitrogens with two attached hydrogens (primary N) is 1. The Morgan fingerprint density at radius 1 is 1.33 bits per heavy atom. The second-order valence-corrected chi connectivity index (χ2v) is 5.40. The molecule has 0 fully saturated rings. The lowest BCUT2D eigenvalue weighted by atomic mass is 10.1. The first-order valence-corrected chi connectivity index (χ1v) is 6.99. The Morgan fingerprint density at radius 2 is 2.10 bits per heavy atom. The van der Waals surface area contributed by atoms with E-state index in [2.05, 4.69) is 29.8 Å². The van der Waals surface area contributed by atoms with E-state index in [9.17, 15) is 5.26 Å². The highest BCUT2D eigenvalue weighted by molar-refractivity contribution is 5.58. The summed E-state index contributed by atoms with van der Waals surface area (Å²) in [4.78, 5) is 6.55. The molecule has 1 heterocycles. The lowest BCUT2D eigenvalue weighted by molar-refractivity contribution is 0.671. The van der Waals surface area contributed by atoms with Gasteiger partial charge in [-0.3, -0.25) is 0 Å². The van der Waals surface area contributed by atoms with Gasteiger partial charge < -0.3 is 10.6 Å². The van der Waals surface area contributed by atoms with Crippen LogP contribution in [0.25, 0.3) is 0 Å². The van der Waals surface area contributed by atoms with Gasteiger partial charge in [-0.1, -0.05) is 12.1 Å². The number of nitrogen functional groups attached to an aromatic ring is 1. The summed E-state index contributed by atoms with van der Waals surface area (Å²) in [6, 6.07) is 12.2. The number of hydrogen-bond donors (Lipinski definition) is 1. The van der Waals surface area contributed by atoms with Gasteiger partial charge in [0.2, 0.25) is 0 Å². The van der Waals surface area contributed by atoms with Gasteiger partial charge in [0.1, 0.15) is 11.9 Å². The normalized spacial score (nSPS) is 10.4. The molecule has 0 saturated heterocycles. The monoisotopic (exact) mass is 280 g/mol. The van der Waals surface area contributed by atoms with Crippen molar-refractivity contribution in [2.75, 3.05) is 10.6 Å². The van der Waals surface area contributed by atoms with Crippen LogP contribution in [0, 0.1) is 18.3 Å². The highest BCUT2D eigenvalue weighted by Crippen LogP contribution is 2.24.